The van der Waals surface area contributed by atoms with Gasteiger partial charge in [0.1, 0.15) is 6.61 Å². The van der Waals surface area contributed by atoms with Crippen LogP contribution in [0.1, 0.15) is 13.8 Å². The van der Waals surface area contributed by atoms with Crippen molar-refractivity contribution < 1.29 is 44.3 Å². The number of hydrogen-bond acceptors (Lipinski definition) is 6. The number of rotatable bonds is 8. The SMILES string of the molecule is CCOC(C(=O)O)C(OCC)C(=O)O.O=C(O)CO. The van der Waals surface area contributed by atoms with Gasteiger partial charge in [-0.05, 0) is 13.8 Å². The quantitative estimate of drug-likeness (QED) is 0.440. The van der Waals surface area contributed by atoms with Gasteiger partial charge in [0.2, 0.25) is 0 Å². The molecule has 0 bridgehead atoms. The van der Waals surface area contributed by atoms with Crippen LogP contribution in [0.25, 0.3) is 0 Å². The van der Waals surface area contributed by atoms with Crippen molar-refractivity contribution >= 4 is 17.9 Å². The van der Waals surface area contributed by atoms with Gasteiger partial charge in [-0.2, -0.15) is 0 Å². The van der Waals surface area contributed by atoms with Crippen molar-refractivity contribution in [1.29, 1.82) is 0 Å². The molecule has 0 amide bonds. The molecule has 0 spiro atoms. The zero-order valence-electron chi connectivity index (χ0n) is 10.6. The molecular formula is C10H18O9. The molecule has 19 heavy (non-hydrogen) atoms. The number of aliphatic hydroxyl groups is 1. The summed E-state index contributed by atoms with van der Waals surface area (Å²) >= 11 is 0. The second-order valence-corrected chi connectivity index (χ2v) is 2.98. The van der Waals surface area contributed by atoms with Gasteiger partial charge in [0, 0.05) is 13.2 Å². The van der Waals surface area contributed by atoms with Crippen LogP contribution < -0.4 is 0 Å². The number of carboxylic acids is 3. The molecule has 0 aliphatic carbocycles. The lowest BCUT2D eigenvalue weighted by Crippen LogP contribution is -2.43. The molecule has 9 nitrogen and oxygen atoms in total. The first-order valence-electron chi connectivity index (χ1n) is 5.33. The van der Waals surface area contributed by atoms with Crippen molar-refractivity contribution in [2.75, 3.05) is 19.8 Å². The average molecular weight is 282 g/mol. The number of aliphatic carboxylic acids is 3. The highest BCUT2D eigenvalue weighted by Gasteiger charge is 2.35. The minimum atomic E-state index is -1.46. The fraction of sp³-hybridized carbons (Fsp3) is 0.700. The Morgan fingerprint density at radius 2 is 1.16 bits per heavy atom. The van der Waals surface area contributed by atoms with E-state index in [0.717, 1.165) is 0 Å². The first-order chi connectivity index (χ1) is 8.81. The van der Waals surface area contributed by atoms with E-state index < -0.39 is 36.7 Å². The Morgan fingerprint density at radius 1 is 0.895 bits per heavy atom. The Morgan fingerprint density at radius 3 is 1.26 bits per heavy atom. The highest BCUT2D eigenvalue weighted by molar-refractivity contribution is 5.83. The lowest BCUT2D eigenvalue weighted by atomic mass is 10.2. The highest BCUT2D eigenvalue weighted by atomic mass is 16.6. The summed E-state index contributed by atoms with van der Waals surface area (Å²) in [5, 5.41) is 32.4. The molecule has 0 saturated carbocycles. The van der Waals surface area contributed by atoms with Crippen molar-refractivity contribution in [3.05, 3.63) is 0 Å². The summed E-state index contributed by atoms with van der Waals surface area (Å²) in [6.07, 6.45) is -2.92. The predicted molar refractivity (Wildman–Crippen MR) is 60.8 cm³/mol. The van der Waals surface area contributed by atoms with Crippen molar-refractivity contribution in [1.82, 2.24) is 0 Å². The molecule has 2 unspecified atom stereocenters. The Kier molecular flexibility index (Phi) is 11.8. The second-order valence-electron chi connectivity index (χ2n) is 2.98. The monoisotopic (exact) mass is 282 g/mol. The molecular weight excluding hydrogens is 264 g/mol. The molecule has 0 aliphatic rings. The van der Waals surface area contributed by atoms with E-state index in [1.165, 1.54) is 0 Å². The third-order valence-corrected chi connectivity index (χ3v) is 1.59. The van der Waals surface area contributed by atoms with Crippen LogP contribution in [-0.4, -0.2) is 70.4 Å². The van der Waals surface area contributed by atoms with Crippen molar-refractivity contribution in [3.63, 3.8) is 0 Å². The zero-order valence-corrected chi connectivity index (χ0v) is 10.6. The minimum Gasteiger partial charge on any atom is -0.480 e. The fourth-order valence-electron chi connectivity index (χ4n) is 0.935. The van der Waals surface area contributed by atoms with Crippen molar-refractivity contribution in [3.8, 4) is 0 Å². The number of hydrogen-bond donors (Lipinski definition) is 4. The van der Waals surface area contributed by atoms with Gasteiger partial charge in [-0.1, -0.05) is 0 Å². The molecule has 0 radical (unpaired) electrons. The zero-order chi connectivity index (χ0) is 15.4. The first kappa shape index (κ1) is 19.6. The summed E-state index contributed by atoms with van der Waals surface area (Å²) in [5.41, 5.74) is 0. The standard InChI is InChI=1S/C8H14O6.C2H4O3/c1-3-13-5(7(9)10)6(8(11)12)14-4-2;3-1-2(4)5/h5-6H,3-4H2,1-2H3,(H,9,10)(H,11,12);3H,1H2,(H,4,5). The topological polar surface area (TPSA) is 151 Å². The third kappa shape index (κ3) is 9.94. The largest absolute Gasteiger partial charge is 0.480 e. The maximum absolute atomic E-state index is 10.6. The van der Waals surface area contributed by atoms with Crippen LogP contribution in [0.5, 0.6) is 0 Å². The number of aliphatic hydroxyl groups excluding tert-OH is 1. The average Bonchev–Trinajstić information content (AvgIpc) is 2.33. The molecule has 0 rings (SSSR count). The van der Waals surface area contributed by atoms with E-state index in [-0.39, 0.29) is 13.2 Å². The van der Waals surface area contributed by atoms with Gasteiger partial charge in [0.25, 0.3) is 0 Å². The molecule has 0 aromatic carbocycles. The van der Waals surface area contributed by atoms with E-state index >= 15 is 0 Å². The van der Waals surface area contributed by atoms with E-state index in [1.807, 2.05) is 0 Å². The summed E-state index contributed by atoms with van der Waals surface area (Å²) < 4.78 is 9.55. The maximum Gasteiger partial charge on any atom is 0.336 e. The first-order valence-corrected chi connectivity index (χ1v) is 5.33. The van der Waals surface area contributed by atoms with Crippen molar-refractivity contribution in [2.45, 2.75) is 26.1 Å². The summed E-state index contributed by atoms with van der Waals surface area (Å²) in [4.78, 5) is 30.4. The molecule has 0 aromatic rings. The molecule has 4 N–H and O–H groups in total. The molecule has 0 fully saturated rings. The second kappa shape index (κ2) is 11.4. The Hall–Kier alpha value is -1.71. The van der Waals surface area contributed by atoms with Gasteiger partial charge in [-0.3, -0.25) is 0 Å². The van der Waals surface area contributed by atoms with Crippen molar-refractivity contribution in [2.24, 2.45) is 0 Å². The number of carboxylic acid groups (broad SMARTS) is 3. The number of ether oxygens (including phenoxy) is 2. The molecule has 2 atom stereocenters. The van der Waals surface area contributed by atoms with Crippen LogP contribution in [-0.2, 0) is 23.9 Å². The van der Waals surface area contributed by atoms with Crippen LogP contribution in [0.15, 0.2) is 0 Å². The van der Waals surface area contributed by atoms with Gasteiger partial charge >= 0.3 is 17.9 Å². The van der Waals surface area contributed by atoms with E-state index in [2.05, 4.69) is 0 Å². The van der Waals surface area contributed by atoms with Crippen LogP contribution in [0.4, 0.5) is 0 Å². The molecule has 0 aromatic heterocycles. The van der Waals surface area contributed by atoms with Crippen LogP contribution >= 0.6 is 0 Å². The van der Waals surface area contributed by atoms with Gasteiger partial charge in [0.05, 0.1) is 0 Å². The van der Waals surface area contributed by atoms with E-state index in [0.29, 0.717) is 0 Å². The molecule has 0 aliphatic heterocycles. The molecule has 112 valence electrons. The summed E-state index contributed by atoms with van der Waals surface area (Å²) in [5.74, 6) is -3.87. The Bertz CT molecular complexity index is 267. The van der Waals surface area contributed by atoms with Gasteiger partial charge < -0.3 is 29.9 Å². The number of carbonyl (C=O) groups is 3. The van der Waals surface area contributed by atoms with Crippen LogP contribution in [0, 0.1) is 0 Å². The molecule has 0 heterocycles. The summed E-state index contributed by atoms with van der Waals surface area (Å²) in [6.45, 7) is 2.63. The summed E-state index contributed by atoms with van der Waals surface area (Å²) in [7, 11) is 0. The van der Waals surface area contributed by atoms with Gasteiger partial charge in [-0.15, -0.1) is 0 Å². The Balaban J connectivity index is 0. The molecule has 9 heteroatoms. The Labute approximate surface area is 109 Å². The third-order valence-electron chi connectivity index (χ3n) is 1.59. The highest BCUT2D eigenvalue weighted by Crippen LogP contribution is 2.05. The predicted octanol–water partition coefficient (Wildman–Crippen LogP) is -0.971. The summed E-state index contributed by atoms with van der Waals surface area (Å²) in [6, 6.07) is 0. The normalized spacial score (nSPS) is 12.8. The van der Waals surface area contributed by atoms with Gasteiger partial charge in [-0.25, -0.2) is 14.4 Å². The van der Waals surface area contributed by atoms with Crippen LogP contribution in [0.3, 0.4) is 0 Å². The van der Waals surface area contributed by atoms with Crippen LogP contribution in [0.2, 0.25) is 0 Å². The molecule has 0 saturated heterocycles. The smallest absolute Gasteiger partial charge is 0.336 e. The van der Waals surface area contributed by atoms with E-state index in [4.69, 9.17) is 34.7 Å². The fourth-order valence-corrected chi connectivity index (χ4v) is 0.935. The van der Waals surface area contributed by atoms with Gasteiger partial charge in [0.15, 0.2) is 12.2 Å². The lowest BCUT2D eigenvalue weighted by Gasteiger charge is -2.19. The lowest BCUT2D eigenvalue weighted by molar-refractivity contribution is -0.175. The maximum atomic E-state index is 10.6. The van der Waals surface area contributed by atoms with E-state index in [9.17, 15) is 9.59 Å². The van der Waals surface area contributed by atoms with E-state index in [1.54, 1.807) is 13.8 Å². The minimum absolute atomic E-state index is 0.119.